The summed E-state index contributed by atoms with van der Waals surface area (Å²) in [6.45, 7) is 1.78. The number of amides is 2. The highest BCUT2D eigenvalue weighted by molar-refractivity contribution is 6.27. The normalized spacial score (nSPS) is 16.8. The molecule has 2 aromatic carbocycles. The van der Waals surface area contributed by atoms with E-state index in [1.807, 2.05) is 4.90 Å². The second-order valence-electron chi connectivity index (χ2n) is 6.72. The van der Waals surface area contributed by atoms with Crippen LogP contribution in [0.3, 0.4) is 0 Å². The Morgan fingerprint density at radius 2 is 1.86 bits per heavy atom. The summed E-state index contributed by atoms with van der Waals surface area (Å²) in [6, 6.07) is 6.29. The van der Waals surface area contributed by atoms with E-state index in [2.05, 4.69) is 0 Å². The molecule has 9 nitrogen and oxygen atoms in total. The average molecular weight is 385 g/mol. The van der Waals surface area contributed by atoms with Gasteiger partial charge in [0, 0.05) is 48.6 Å². The van der Waals surface area contributed by atoms with Crippen molar-refractivity contribution in [2.45, 2.75) is 6.42 Å². The molecule has 0 aromatic heterocycles. The molecule has 1 N–H and O–H groups in total. The van der Waals surface area contributed by atoms with Crippen LogP contribution in [0.2, 0.25) is 0 Å². The first kappa shape index (κ1) is 18.3. The molecule has 0 spiro atoms. The molecule has 9 heteroatoms. The minimum absolute atomic E-state index is 0.0585. The summed E-state index contributed by atoms with van der Waals surface area (Å²) in [6.07, 6.45) is 0.247. The highest BCUT2D eigenvalue weighted by Crippen LogP contribution is 2.42. The predicted octanol–water partition coefficient (Wildman–Crippen LogP) is 1.56. The number of benzene rings is 2. The van der Waals surface area contributed by atoms with Gasteiger partial charge in [0.2, 0.25) is 0 Å². The molecule has 0 aliphatic carbocycles. The van der Waals surface area contributed by atoms with E-state index in [1.54, 1.807) is 18.2 Å². The fraction of sp³-hybridized carbons (Fsp3) is 0.368. The number of rotatable bonds is 5. The molecule has 1 fully saturated rings. The van der Waals surface area contributed by atoms with Gasteiger partial charge in [0.25, 0.3) is 17.5 Å². The fourth-order valence-electron chi connectivity index (χ4n) is 3.88. The van der Waals surface area contributed by atoms with Crippen molar-refractivity contribution < 1.29 is 24.4 Å². The number of nitrogens with zero attached hydrogens (tertiary/aromatic N) is 3. The zero-order chi connectivity index (χ0) is 19.8. The lowest BCUT2D eigenvalue weighted by atomic mass is 9.91. The Labute approximate surface area is 160 Å². The van der Waals surface area contributed by atoms with Crippen LogP contribution in [0, 0.1) is 10.1 Å². The smallest absolute Gasteiger partial charge is 0.293 e. The number of aliphatic hydroxyl groups excluding tert-OH is 1. The standard InChI is InChI=1S/C19H19N3O6/c23-8-2-5-21-18(24)13-4-1-3-12-16(13)14(19(21)25)11-15(22(26)27)17(12)20-6-9-28-10-7-20/h1,3-4,11,23H,2,5-10H2. The topological polar surface area (TPSA) is 113 Å². The molecule has 1 saturated heterocycles. The SMILES string of the molecule is O=C1c2cccc3c(N4CCOCC4)c([N+](=O)[O-])cc(c23)C(=O)N1CCCO. The first-order valence-electron chi connectivity index (χ1n) is 9.08. The molecule has 0 radical (unpaired) electrons. The molecule has 0 saturated carbocycles. The number of anilines is 1. The van der Waals surface area contributed by atoms with Gasteiger partial charge < -0.3 is 14.7 Å². The molecule has 28 heavy (non-hydrogen) atoms. The maximum Gasteiger partial charge on any atom is 0.293 e. The maximum atomic E-state index is 12.9. The largest absolute Gasteiger partial charge is 0.396 e. The van der Waals surface area contributed by atoms with Crippen molar-refractivity contribution in [1.82, 2.24) is 4.90 Å². The summed E-state index contributed by atoms with van der Waals surface area (Å²) in [5.41, 5.74) is 0.742. The Hall–Kier alpha value is -3.04. The maximum absolute atomic E-state index is 12.9. The van der Waals surface area contributed by atoms with Crippen molar-refractivity contribution in [1.29, 1.82) is 0 Å². The Kier molecular flexibility index (Phi) is 4.70. The van der Waals surface area contributed by atoms with Crippen LogP contribution >= 0.6 is 0 Å². The van der Waals surface area contributed by atoms with Gasteiger partial charge in [0.15, 0.2) is 0 Å². The van der Waals surface area contributed by atoms with E-state index in [0.29, 0.717) is 48.3 Å². The van der Waals surface area contributed by atoms with Crippen LogP contribution in [0.25, 0.3) is 10.8 Å². The van der Waals surface area contributed by atoms with Gasteiger partial charge in [-0.05, 0) is 12.5 Å². The molecule has 2 aliphatic heterocycles. The third-order valence-electron chi connectivity index (χ3n) is 5.13. The molecule has 2 aliphatic rings. The number of aliphatic hydroxyl groups is 1. The highest BCUT2D eigenvalue weighted by atomic mass is 16.6. The monoisotopic (exact) mass is 385 g/mol. The Morgan fingerprint density at radius 1 is 1.14 bits per heavy atom. The number of nitro groups is 1. The summed E-state index contributed by atoms with van der Waals surface area (Å²) >= 11 is 0. The van der Waals surface area contributed by atoms with Crippen LogP contribution in [0.5, 0.6) is 0 Å². The van der Waals surface area contributed by atoms with Gasteiger partial charge in [-0.25, -0.2) is 0 Å². The molecule has 0 unspecified atom stereocenters. The zero-order valence-electron chi connectivity index (χ0n) is 15.1. The van der Waals surface area contributed by atoms with E-state index >= 15 is 0 Å². The lowest BCUT2D eigenvalue weighted by molar-refractivity contribution is -0.384. The highest BCUT2D eigenvalue weighted by Gasteiger charge is 2.37. The number of hydrogen-bond acceptors (Lipinski definition) is 7. The van der Waals surface area contributed by atoms with Crippen LogP contribution < -0.4 is 4.90 Å². The van der Waals surface area contributed by atoms with Gasteiger partial charge in [0.05, 0.1) is 23.7 Å². The molecule has 2 amide bonds. The van der Waals surface area contributed by atoms with Crippen molar-refractivity contribution in [2.24, 2.45) is 0 Å². The van der Waals surface area contributed by atoms with E-state index in [9.17, 15) is 19.7 Å². The van der Waals surface area contributed by atoms with Crippen LogP contribution in [0.1, 0.15) is 27.1 Å². The molecule has 146 valence electrons. The number of hydrogen-bond donors (Lipinski definition) is 1. The first-order valence-corrected chi connectivity index (χ1v) is 9.08. The Bertz CT molecular complexity index is 983. The van der Waals surface area contributed by atoms with Crippen molar-refractivity contribution in [3.8, 4) is 0 Å². The lowest BCUT2D eigenvalue weighted by Gasteiger charge is -2.32. The second-order valence-corrected chi connectivity index (χ2v) is 6.72. The van der Waals surface area contributed by atoms with Gasteiger partial charge in [0.1, 0.15) is 5.69 Å². The number of carbonyl (C=O) groups excluding carboxylic acids is 2. The van der Waals surface area contributed by atoms with Crippen molar-refractivity contribution in [3.05, 3.63) is 45.5 Å². The number of ether oxygens (including phenoxy) is 1. The van der Waals surface area contributed by atoms with Crippen molar-refractivity contribution in [2.75, 3.05) is 44.4 Å². The minimum atomic E-state index is -0.571. The summed E-state index contributed by atoms with van der Waals surface area (Å²) in [5, 5.41) is 21.9. The minimum Gasteiger partial charge on any atom is -0.396 e. The molecular formula is C19H19N3O6. The van der Waals surface area contributed by atoms with Crippen LogP contribution in [-0.2, 0) is 4.74 Å². The van der Waals surface area contributed by atoms with Gasteiger partial charge in [-0.3, -0.25) is 24.6 Å². The summed E-state index contributed by atoms with van der Waals surface area (Å²) < 4.78 is 5.35. The molecule has 0 bridgehead atoms. The molecular weight excluding hydrogens is 366 g/mol. The number of morpholine rings is 1. The third kappa shape index (κ3) is 2.79. The Balaban J connectivity index is 1.97. The number of nitro benzene ring substituents is 1. The predicted molar refractivity (Wildman–Crippen MR) is 101 cm³/mol. The fourth-order valence-corrected chi connectivity index (χ4v) is 3.88. The van der Waals surface area contributed by atoms with Crippen LogP contribution in [-0.4, -0.2) is 66.2 Å². The van der Waals surface area contributed by atoms with Crippen molar-refractivity contribution in [3.63, 3.8) is 0 Å². The van der Waals surface area contributed by atoms with E-state index < -0.39 is 16.7 Å². The first-order chi connectivity index (χ1) is 13.5. The van der Waals surface area contributed by atoms with Gasteiger partial charge in [-0.2, -0.15) is 0 Å². The Morgan fingerprint density at radius 3 is 2.54 bits per heavy atom. The van der Waals surface area contributed by atoms with Gasteiger partial charge in [-0.15, -0.1) is 0 Å². The molecule has 2 heterocycles. The lowest BCUT2D eigenvalue weighted by Crippen LogP contribution is -2.41. The zero-order valence-corrected chi connectivity index (χ0v) is 15.1. The van der Waals surface area contributed by atoms with Crippen molar-refractivity contribution >= 4 is 34.0 Å². The summed E-state index contributed by atoms with van der Waals surface area (Å²) in [7, 11) is 0. The number of carbonyl (C=O) groups is 2. The second kappa shape index (κ2) is 7.17. The third-order valence-corrected chi connectivity index (χ3v) is 5.13. The molecule has 0 atom stereocenters. The quantitative estimate of drug-likeness (QED) is 0.472. The number of imide groups is 1. The summed E-state index contributed by atoms with van der Waals surface area (Å²) in [5.74, 6) is -1.02. The van der Waals surface area contributed by atoms with Crippen LogP contribution in [0.4, 0.5) is 11.4 Å². The van der Waals surface area contributed by atoms with E-state index in [4.69, 9.17) is 9.84 Å². The van der Waals surface area contributed by atoms with Gasteiger partial charge >= 0.3 is 0 Å². The van der Waals surface area contributed by atoms with Gasteiger partial charge in [-0.1, -0.05) is 12.1 Å². The summed E-state index contributed by atoms with van der Waals surface area (Å²) in [4.78, 5) is 40.1. The van der Waals surface area contributed by atoms with E-state index in [1.165, 1.54) is 6.07 Å². The molecule has 2 aromatic rings. The molecule has 4 rings (SSSR count). The average Bonchev–Trinajstić information content (AvgIpc) is 2.71. The van der Waals surface area contributed by atoms with Crippen LogP contribution in [0.15, 0.2) is 24.3 Å². The van der Waals surface area contributed by atoms with E-state index in [0.717, 1.165) is 4.90 Å². The van der Waals surface area contributed by atoms with E-state index in [-0.39, 0.29) is 30.8 Å².